The van der Waals surface area contributed by atoms with Crippen LogP contribution in [0, 0.1) is 6.92 Å². The highest BCUT2D eigenvalue weighted by Crippen LogP contribution is 2.28. The van der Waals surface area contributed by atoms with Gasteiger partial charge in [-0.15, -0.1) is 0 Å². The number of aryl methyl sites for hydroxylation is 1. The lowest BCUT2D eigenvalue weighted by Gasteiger charge is -2.09. The Bertz CT molecular complexity index is 776. The molecule has 3 rings (SSSR count). The predicted molar refractivity (Wildman–Crippen MR) is 88.4 cm³/mol. The molecule has 0 radical (unpaired) electrons. The third kappa shape index (κ3) is 2.77. The second-order valence-corrected chi connectivity index (χ2v) is 5.57. The maximum Gasteiger partial charge on any atom is 0.128 e. The van der Waals surface area contributed by atoms with Crippen LogP contribution in [0.1, 0.15) is 18.1 Å². The number of ether oxygens (including phenoxy) is 1. The van der Waals surface area contributed by atoms with Crippen LogP contribution in [0.5, 0.6) is 5.75 Å². The van der Waals surface area contributed by atoms with Gasteiger partial charge in [0.05, 0.1) is 12.1 Å². The van der Waals surface area contributed by atoms with Gasteiger partial charge < -0.3 is 9.30 Å². The van der Waals surface area contributed by atoms with Crippen LogP contribution >= 0.6 is 11.6 Å². The van der Waals surface area contributed by atoms with E-state index in [1.807, 2.05) is 25.1 Å². The van der Waals surface area contributed by atoms with Gasteiger partial charge >= 0.3 is 0 Å². The van der Waals surface area contributed by atoms with Crippen molar-refractivity contribution < 1.29 is 4.74 Å². The molecular formula is C18H18ClNO. The van der Waals surface area contributed by atoms with Crippen molar-refractivity contribution in [1.29, 1.82) is 0 Å². The molecule has 0 saturated carbocycles. The normalized spacial score (nSPS) is 11.0. The zero-order valence-electron chi connectivity index (χ0n) is 12.3. The molecule has 0 spiro atoms. The SMILES string of the molecule is CCOc1cccc2c1ccn2Cc1ccc(C)cc1Cl. The summed E-state index contributed by atoms with van der Waals surface area (Å²) in [5.41, 5.74) is 3.47. The molecule has 0 unspecified atom stereocenters. The minimum atomic E-state index is 0.675. The van der Waals surface area contributed by atoms with Crippen LogP contribution in [0.15, 0.2) is 48.7 Å². The van der Waals surface area contributed by atoms with E-state index in [-0.39, 0.29) is 0 Å². The minimum absolute atomic E-state index is 0.675. The number of hydrogen-bond acceptors (Lipinski definition) is 1. The van der Waals surface area contributed by atoms with Gasteiger partial charge in [-0.3, -0.25) is 0 Å². The van der Waals surface area contributed by atoms with Gasteiger partial charge in [-0.05, 0) is 49.2 Å². The van der Waals surface area contributed by atoms with Crippen molar-refractivity contribution in [3.63, 3.8) is 0 Å². The van der Waals surface area contributed by atoms with Crippen molar-refractivity contribution in [2.24, 2.45) is 0 Å². The lowest BCUT2D eigenvalue weighted by atomic mass is 10.1. The first-order valence-corrected chi connectivity index (χ1v) is 7.52. The summed E-state index contributed by atoms with van der Waals surface area (Å²) in [6.07, 6.45) is 2.09. The molecule has 0 N–H and O–H groups in total. The quantitative estimate of drug-likeness (QED) is 0.657. The fourth-order valence-corrected chi connectivity index (χ4v) is 2.87. The van der Waals surface area contributed by atoms with E-state index in [1.165, 1.54) is 5.56 Å². The molecule has 21 heavy (non-hydrogen) atoms. The average molecular weight is 300 g/mol. The van der Waals surface area contributed by atoms with E-state index in [0.717, 1.165) is 33.8 Å². The van der Waals surface area contributed by atoms with Crippen LogP contribution in [0.4, 0.5) is 0 Å². The summed E-state index contributed by atoms with van der Waals surface area (Å²) in [6.45, 7) is 5.49. The molecule has 0 fully saturated rings. The molecule has 0 aliphatic rings. The smallest absolute Gasteiger partial charge is 0.128 e. The molecular weight excluding hydrogens is 282 g/mol. The highest BCUT2D eigenvalue weighted by atomic mass is 35.5. The monoisotopic (exact) mass is 299 g/mol. The van der Waals surface area contributed by atoms with E-state index in [2.05, 4.69) is 42.0 Å². The number of halogens is 1. The maximum atomic E-state index is 6.34. The molecule has 0 saturated heterocycles. The summed E-state index contributed by atoms with van der Waals surface area (Å²) in [5, 5.41) is 1.96. The lowest BCUT2D eigenvalue weighted by molar-refractivity contribution is 0.344. The first-order chi connectivity index (χ1) is 10.2. The van der Waals surface area contributed by atoms with Gasteiger partial charge in [0.1, 0.15) is 5.75 Å². The Balaban J connectivity index is 1.99. The van der Waals surface area contributed by atoms with Crippen LogP contribution in [-0.2, 0) is 6.54 Å². The molecule has 108 valence electrons. The van der Waals surface area contributed by atoms with Gasteiger partial charge in [0.2, 0.25) is 0 Å². The van der Waals surface area contributed by atoms with Gasteiger partial charge in [-0.1, -0.05) is 29.8 Å². The van der Waals surface area contributed by atoms with Crippen LogP contribution in [0.2, 0.25) is 5.02 Å². The standard InChI is InChI=1S/C18H18ClNO/c1-3-21-18-6-4-5-17-15(18)9-10-20(17)12-14-8-7-13(2)11-16(14)19/h4-11H,3,12H2,1-2H3. The molecule has 2 aromatic carbocycles. The molecule has 3 heteroatoms. The van der Waals surface area contributed by atoms with E-state index in [9.17, 15) is 0 Å². The van der Waals surface area contributed by atoms with Crippen molar-refractivity contribution in [2.75, 3.05) is 6.61 Å². The summed E-state index contributed by atoms with van der Waals surface area (Å²) in [6, 6.07) is 14.4. The molecule has 1 heterocycles. The molecule has 3 aromatic rings. The number of benzene rings is 2. The molecule has 0 aliphatic heterocycles. The average Bonchev–Trinajstić information content (AvgIpc) is 2.87. The summed E-state index contributed by atoms with van der Waals surface area (Å²) >= 11 is 6.34. The number of hydrogen-bond donors (Lipinski definition) is 0. The fourth-order valence-electron chi connectivity index (χ4n) is 2.58. The van der Waals surface area contributed by atoms with Crippen molar-refractivity contribution in [2.45, 2.75) is 20.4 Å². The summed E-state index contributed by atoms with van der Waals surface area (Å²) in [5.74, 6) is 0.934. The highest BCUT2D eigenvalue weighted by Gasteiger charge is 2.08. The Morgan fingerprint density at radius 1 is 1.14 bits per heavy atom. The predicted octanol–water partition coefficient (Wildman–Crippen LogP) is 5.05. The molecule has 0 atom stereocenters. The third-order valence-corrected chi connectivity index (χ3v) is 3.97. The van der Waals surface area contributed by atoms with E-state index < -0.39 is 0 Å². The Labute approximate surface area is 129 Å². The molecule has 2 nitrogen and oxygen atoms in total. The molecule has 0 bridgehead atoms. The maximum absolute atomic E-state index is 6.34. The van der Waals surface area contributed by atoms with E-state index in [0.29, 0.717) is 6.61 Å². The largest absolute Gasteiger partial charge is 0.493 e. The van der Waals surface area contributed by atoms with Gasteiger partial charge in [-0.25, -0.2) is 0 Å². The Kier molecular flexibility index (Phi) is 3.89. The van der Waals surface area contributed by atoms with Crippen LogP contribution in [-0.4, -0.2) is 11.2 Å². The van der Waals surface area contributed by atoms with Crippen LogP contribution in [0.25, 0.3) is 10.9 Å². The minimum Gasteiger partial charge on any atom is -0.493 e. The van der Waals surface area contributed by atoms with Crippen molar-refractivity contribution in [3.05, 3.63) is 64.8 Å². The Morgan fingerprint density at radius 2 is 2.00 bits per heavy atom. The van der Waals surface area contributed by atoms with Crippen molar-refractivity contribution >= 4 is 22.5 Å². The topological polar surface area (TPSA) is 14.2 Å². The Morgan fingerprint density at radius 3 is 2.76 bits per heavy atom. The van der Waals surface area contributed by atoms with Crippen LogP contribution < -0.4 is 4.74 Å². The number of nitrogens with zero attached hydrogens (tertiary/aromatic N) is 1. The van der Waals surface area contributed by atoms with Crippen molar-refractivity contribution in [1.82, 2.24) is 4.57 Å². The van der Waals surface area contributed by atoms with E-state index in [4.69, 9.17) is 16.3 Å². The van der Waals surface area contributed by atoms with Gasteiger partial charge in [0.15, 0.2) is 0 Å². The van der Waals surface area contributed by atoms with E-state index >= 15 is 0 Å². The number of rotatable bonds is 4. The highest BCUT2D eigenvalue weighted by molar-refractivity contribution is 6.31. The van der Waals surface area contributed by atoms with Gasteiger partial charge in [0.25, 0.3) is 0 Å². The zero-order chi connectivity index (χ0) is 14.8. The second-order valence-electron chi connectivity index (χ2n) is 5.16. The molecule has 0 aliphatic carbocycles. The first-order valence-electron chi connectivity index (χ1n) is 7.14. The second kappa shape index (κ2) is 5.82. The fraction of sp³-hybridized carbons (Fsp3) is 0.222. The summed E-state index contributed by atoms with van der Waals surface area (Å²) < 4.78 is 7.89. The first kappa shape index (κ1) is 14.0. The van der Waals surface area contributed by atoms with Gasteiger partial charge in [0, 0.05) is 23.2 Å². The number of aromatic nitrogens is 1. The van der Waals surface area contributed by atoms with Crippen LogP contribution in [0.3, 0.4) is 0 Å². The summed E-state index contributed by atoms with van der Waals surface area (Å²) in [4.78, 5) is 0. The molecule has 0 amide bonds. The van der Waals surface area contributed by atoms with E-state index in [1.54, 1.807) is 0 Å². The number of fused-ring (bicyclic) bond motifs is 1. The third-order valence-electron chi connectivity index (χ3n) is 3.62. The summed E-state index contributed by atoms with van der Waals surface area (Å²) in [7, 11) is 0. The lowest BCUT2D eigenvalue weighted by Crippen LogP contribution is -1.99. The Hall–Kier alpha value is -1.93. The van der Waals surface area contributed by atoms with Crippen molar-refractivity contribution in [3.8, 4) is 5.75 Å². The van der Waals surface area contributed by atoms with Gasteiger partial charge in [-0.2, -0.15) is 0 Å². The molecule has 1 aromatic heterocycles. The zero-order valence-corrected chi connectivity index (χ0v) is 13.0.